The fourth-order valence-electron chi connectivity index (χ4n) is 2.93. The minimum Gasteiger partial charge on any atom is -0.468 e. The first-order valence-electron chi connectivity index (χ1n) is 8.51. The molecule has 1 aliphatic heterocycles. The van der Waals surface area contributed by atoms with Gasteiger partial charge in [-0.25, -0.2) is 13.4 Å². The Balaban J connectivity index is 2.25. The monoisotopic (exact) mass is 373 g/mol. The van der Waals surface area contributed by atoms with Gasteiger partial charge >= 0.3 is 5.97 Å². The lowest BCUT2D eigenvalue weighted by molar-refractivity contribution is -0.141. The predicted molar refractivity (Wildman–Crippen MR) is 91.9 cm³/mol. The first-order chi connectivity index (χ1) is 11.9. The fraction of sp³-hybridized carbons (Fsp3) is 0.750. The summed E-state index contributed by atoms with van der Waals surface area (Å²) in [6.45, 7) is 3.51. The average molecular weight is 373 g/mol. The molecule has 0 aliphatic carbocycles. The van der Waals surface area contributed by atoms with Crippen molar-refractivity contribution in [3.8, 4) is 0 Å². The van der Waals surface area contributed by atoms with Gasteiger partial charge < -0.3 is 14.0 Å². The molecule has 9 heteroatoms. The normalized spacial score (nSPS) is 18.0. The number of aromatic nitrogens is 2. The van der Waals surface area contributed by atoms with Crippen molar-refractivity contribution in [3.05, 3.63) is 11.9 Å². The molecular weight excluding hydrogens is 346 g/mol. The molecule has 142 valence electrons. The number of rotatable bonds is 9. The maximum absolute atomic E-state index is 12.5. The van der Waals surface area contributed by atoms with Crippen LogP contribution in [0.15, 0.2) is 11.4 Å². The highest BCUT2D eigenvalue weighted by atomic mass is 32.2. The molecule has 1 aromatic rings. The lowest BCUT2D eigenvalue weighted by atomic mass is 10.2. The van der Waals surface area contributed by atoms with Crippen LogP contribution in [0.4, 0.5) is 0 Å². The topological polar surface area (TPSA) is 90.7 Å². The lowest BCUT2D eigenvalue weighted by Gasteiger charge is -2.19. The van der Waals surface area contributed by atoms with Gasteiger partial charge in [-0.3, -0.25) is 9.69 Å². The Morgan fingerprint density at radius 2 is 2.28 bits per heavy atom. The van der Waals surface area contributed by atoms with E-state index in [1.165, 1.54) is 7.11 Å². The molecule has 0 aromatic carbocycles. The second-order valence-electron chi connectivity index (χ2n) is 6.35. The molecule has 2 heterocycles. The third kappa shape index (κ3) is 5.26. The number of carbonyl (C=O) groups is 1. The van der Waals surface area contributed by atoms with Crippen LogP contribution in [-0.4, -0.2) is 68.0 Å². The molecule has 0 saturated carbocycles. The molecule has 1 saturated heterocycles. The van der Waals surface area contributed by atoms with Gasteiger partial charge in [0, 0.05) is 13.2 Å². The molecule has 0 spiro atoms. The summed E-state index contributed by atoms with van der Waals surface area (Å²) in [4.78, 5) is 17.4. The second kappa shape index (κ2) is 8.77. The van der Waals surface area contributed by atoms with E-state index in [-0.39, 0.29) is 29.5 Å². The van der Waals surface area contributed by atoms with Gasteiger partial charge in [-0.1, -0.05) is 6.92 Å². The van der Waals surface area contributed by atoms with E-state index in [2.05, 4.69) is 9.72 Å². The zero-order valence-corrected chi connectivity index (χ0v) is 15.9. The van der Waals surface area contributed by atoms with E-state index >= 15 is 0 Å². The van der Waals surface area contributed by atoms with E-state index in [0.29, 0.717) is 26.1 Å². The number of methoxy groups -OCH3 is 1. The number of carbonyl (C=O) groups excluding carboxylic acids is 1. The second-order valence-corrected chi connectivity index (χ2v) is 8.35. The molecule has 0 unspecified atom stereocenters. The number of hydrogen-bond acceptors (Lipinski definition) is 7. The third-order valence-corrected chi connectivity index (χ3v) is 5.95. The van der Waals surface area contributed by atoms with Crippen LogP contribution < -0.4 is 0 Å². The maximum atomic E-state index is 12.5. The van der Waals surface area contributed by atoms with Crippen LogP contribution in [0.1, 0.15) is 31.9 Å². The molecule has 0 N–H and O–H groups in total. The molecule has 8 nitrogen and oxygen atoms in total. The molecule has 1 aliphatic rings. The first kappa shape index (κ1) is 19.9. The van der Waals surface area contributed by atoms with Crippen molar-refractivity contribution in [1.82, 2.24) is 14.5 Å². The Kier molecular flexibility index (Phi) is 6.97. The molecule has 0 bridgehead atoms. The van der Waals surface area contributed by atoms with Crippen LogP contribution in [0.5, 0.6) is 0 Å². The van der Waals surface area contributed by atoms with Gasteiger partial charge in [0.15, 0.2) is 0 Å². The molecular formula is C16H27N3O5S. The van der Waals surface area contributed by atoms with Crippen LogP contribution in [0.2, 0.25) is 0 Å². The summed E-state index contributed by atoms with van der Waals surface area (Å²) in [5.74, 6) is -0.279. The number of nitrogens with zero attached hydrogens (tertiary/aromatic N) is 3. The Bertz CT molecular complexity index is 680. The molecule has 0 amide bonds. The van der Waals surface area contributed by atoms with Gasteiger partial charge in [-0.2, -0.15) is 0 Å². The van der Waals surface area contributed by atoms with Gasteiger partial charge in [-0.15, -0.1) is 0 Å². The van der Waals surface area contributed by atoms with Crippen LogP contribution >= 0.6 is 0 Å². The van der Waals surface area contributed by atoms with Gasteiger partial charge in [-0.05, 0) is 26.3 Å². The van der Waals surface area contributed by atoms with E-state index in [4.69, 9.17) is 4.74 Å². The third-order valence-electron chi connectivity index (χ3n) is 4.12. The van der Waals surface area contributed by atoms with E-state index in [0.717, 1.165) is 18.5 Å². The van der Waals surface area contributed by atoms with Crippen molar-refractivity contribution < 1.29 is 22.7 Å². The smallest absolute Gasteiger partial charge is 0.319 e. The summed E-state index contributed by atoms with van der Waals surface area (Å²) < 4.78 is 37.1. The Hall–Kier alpha value is -1.45. The maximum Gasteiger partial charge on any atom is 0.319 e. The quantitative estimate of drug-likeness (QED) is 0.593. The molecule has 1 aromatic heterocycles. The van der Waals surface area contributed by atoms with Crippen LogP contribution in [0, 0.1) is 0 Å². The Labute approximate surface area is 149 Å². The predicted octanol–water partition coefficient (Wildman–Crippen LogP) is 0.851. The SMILES string of the molecule is CCCS(=O)(=O)c1ncc(CN(C)CC(=O)OC)n1C[C@H]1CCCO1. The molecule has 1 fully saturated rings. The van der Waals surface area contributed by atoms with Crippen molar-refractivity contribution in [1.29, 1.82) is 0 Å². The Morgan fingerprint density at radius 1 is 1.52 bits per heavy atom. The largest absolute Gasteiger partial charge is 0.468 e. The van der Waals surface area contributed by atoms with Gasteiger partial charge in [0.25, 0.3) is 0 Å². The van der Waals surface area contributed by atoms with Crippen molar-refractivity contribution in [3.63, 3.8) is 0 Å². The summed E-state index contributed by atoms with van der Waals surface area (Å²) in [5, 5.41) is 0.0892. The number of hydrogen-bond donors (Lipinski definition) is 0. The van der Waals surface area contributed by atoms with Crippen molar-refractivity contribution in [2.75, 3.05) is 33.1 Å². The minimum absolute atomic E-state index is 0.00515. The molecule has 0 radical (unpaired) electrons. The summed E-state index contributed by atoms with van der Waals surface area (Å²) in [6.07, 6.45) is 3.99. The van der Waals surface area contributed by atoms with Crippen molar-refractivity contribution in [2.24, 2.45) is 0 Å². The van der Waals surface area contributed by atoms with Crippen LogP contribution in [0.25, 0.3) is 0 Å². The molecule has 1 atom stereocenters. The number of ether oxygens (including phenoxy) is 2. The summed E-state index contributed by atoms with van der Waals surface area (Å²) >= 11 is 0. The highest BCUT2D eigenvalue weighted by molar-refractivity contribution is 7.91. The minimum atomic E-state index is -3.44. The van der Waals surface area contributed by atoms with E-state index in [1.807, 2.05) is 6.92 Å². The fourth-order valence-corrected chi connectivity index (χ4v) is 4.39. The van der Waals surface area contributed by atoms with Gasteiger partial charge in [0.2, 0.25) is 15.0 Å². The molecule has 25 heavy (non-hydrogen) atoms. The van der Waals surface area contributed by atoms with Crippen molar-refractivity contribution in [2.45, 2.75) is 50.5 Å². The highest BCUT2D eigenvalue weighted by Gasteiger charge is 2.26. The van der Waals surface area contributed by atoms with Crippen molar-refractivity contribution >= 4 is 15.8 Å². The van der Waals surface area contributed by atoms with E-state index in [1.54, 1.807) is 22.7 Å². The number of imidazole rings is 1. The zero-order chi connectivity index (χ0) is 18.4. The average Bonchev–Trinajstić information content (AvgIpc) is 3.18. The number of sulfone groups is 1. The highest BCUT2D eigenvalue weighted by Crippen LogP contribution is 2.20. The summed E-state index contributed by atoms with van der Waals surface area (Å²) in [6, 6.07) is 0. The number of likely N-dealkylation sites (N-methyl/N-ethyl adjacent to an activating group) is 1. The Morgan fingerprint density at radius 3 is 2.88 bits per heavy atom. The van der Waals surface area contributed by atoms with Crippen LogP contribution in [-0.2, 0) is 37.2 Å². The summed E-state index contributed by atoms with van der Waals surface area (Å²) in [7, 11) is -0.320. The lowest BCUT2D eigenvalue weighted by Crippen LogP contribution is -2.29. The van der Waals surface area contributed by atoms with E-state index < -0.39 is 9.84 Å². The van der Waals surface area contributed by atoms with E-state index in [9.17, 15) is 13.2 Å². The zero-order valence-electron chi connectivity index (χ0n) is 15.1. The first-order valence-corrected chi connectivity index (χ1v) is 10.2. The van der Waals surface area contributed by atoms with Crippen LogP contribution in [0.3, 0.4) is 0 Å². The number of esters is 1. The molecule has 2 rings (SSSR count). The van der Waals surface area contributed by atoms with Gasteiger partial charge in [0.05, 0.1) is 43.9 Å². The summed E-state index contributed by atoms with van der Waals surface area (Å²) in [5.41, 5.74) is 0.747. The van der Waals surface area contributed by atoms with Gasteiger partial charge in [0.1, 0.15) is 0 Å². The standard InChI is InChI=1S/C16H27N3O5S/c1-4-8-25(21,22)16-17-9-13(10-18(2)12-15(20)23-3)19(16)11-14-6-5-7-24-14/h9,14H,4-8,10-12H2,1-3H3/t14-/m1/s1.